The maximum absolute atomic E-state index is 11.2. The van der Waals surface area contributed by atoms with E-state index in [0.717, 1.165) is 34.2 Å². The molecule has 6 nitrogen and oxygen atoms in total. The number of carbonyl (C=O) groups is 2. The van der Waals surface area contributed by atoms with Crippen LogP contribution < -0.4 is 9.47 Å². The molecule has 0 heterocycles. The van der Waals surface area contributed by atoms with Gasteiger partial charge in [-0.2, -0.15) is 0 Å². The van der Waals surface area contributed by atoms with Gasteiger partial charge in [-0.1, -0.05) is 69.1 Å². The molecule has 0 saturated heterocycles. The number of carbonyl (C=O) groups excluding carboxylic acids is 1. The third kappa shape index (κ3) is 10.8. The second kappa shape index (κ2) is 16.7. The molecule has 0 aliphatic heterocycles. The molecule has 4 aromatic carbocycles. The van der Waals surface area contributed by atoms with Crippen molar-refractivity contribution in [2.75, 3.05) is 6.61 Å². The second-order valence-electron chi connectivity index (χ2n) is 12.5. The minimum Gasteiger partial charge on any atom is -0.508 e. The van der Waals surface area contributed by atoms with Crippen LogP contribution in [-0.4, -0.2) is 28.6 Å². The minimum absolute atomic E-state index is 0.0610. The molecular formula is C39H44Cl2O6. The number of phenolic OH excluding ortho intramolecular Hbond substituents is 1. The van der Waals surface area contributed by atoms with E-state index in [4.69, 9.17) is 37.8 Å². The van der Waals surface area contributed by atoms with Crippen molar-refractivity contribution in [2.45, 2.75) is 80.1 Å². The Balaban J connectivity index is 0.000000256. The number of aromatic hydroxyl groups is 1. The highest BCUT2D eigenvalue weighted by molar-refractivity contribution is 6.37. The van der Waals surface area contributed by atoms with Gasteiger partial charge in [-0.15, -0.1) is 0 Å². The number of Topliss-reactive ketones (excluding diaryl/α,β-unsaturated/α-hetero) is 1. The molecule has 0 radical (unpaired) electrons. The summed E-state index contributed by atoms with van der Waals surface area (Å²) in [6.07, 6.45) is 1.07. The van der Waals surface area contributed by atoms with Gasteiger partial charge in [0.1, 0.15) is 23.0 Å². The SMILES string of the molecule is CC(=O)Cc1cc(Cl)c(Oc2ccc(C)c(C(C)C)c2)c(Cl)c1.Cc1cc(OCC(=O)O)cc(C)c1Cc1ccc(O)c(C(C)C)c1. The van der Waals surface area contributed by atoms with Gasteiger partial charge >= 0.3 is 5.97 Å². The zero-order valence-electron chi connectivity index (χ0n) is 28.3. The summed E-state index contributed by atoms with van der Waals surface area (Å²) in [4.78, 5) is 21.8. The third-order valence-electron chi connectivity index (χ3n) is 7.73. The number of benzene rings is 4. The molecule has 4 aromatic rings. The monoisotopic (exact) mass is 678 g/mol. The molecule has 2 N–H and O–H groups in total. The first kappa shape index (κ1) is 37.5. The quantitative estimate of drug-likeness (QED) is 0.164. The maximum atomic E-state index is 11.2. The minimum atomic E-state index is -0.986. The zero-order valence-corrected chi connectivity index (χ0v) is 29.8. The van der Waals surface area contributed by atoms with Crippen molar-refractivity contribution in [3.05, 3.63) is 115 Å². The van der Waals surface area contributed by atoms with Crippen molar-refractivity contribution in [1.29, 1.82) is 0 Å². The Labute approximate surface area is 288 Å². The fraction of sp³-hybridized carbons (Fsp3) is 0.333. The average Bonchev–Trinajstić information content (AvgIpc) is 2.97. The first-order valence-corrected chi connectivity index (χ1v) is 16.3. The number of aryl methyl sites for hydroxylation is 3. The first-order chi connectivity index (χ1) is 22.0. The largest absolute Gasteiger partial charge is 0.508 e. The van der Waals surface area contributed by atoms with Crippen molar-refractivity contribution in [3.63, 3.8) is 0 Å². The van der Waals surface area contributed by atoms with E-state index in [1.807, 2.05) is 56.3 Å². The molecule has 250 valence electrons. The topological polar surface area (TPSA) is 93.1 Å². The van der Waals surface area contributed by atoms with Crippen LogP contribution in [0.15, 0.2) is 60.7 Å². The molecule has 8 heteroatoms. The molecule has 0 unspecified atom stereocenters. The first-order valence-electron chi connectivity index (χ1n) is 15.6. The van der Waals surface area contributed by atoms with Gasteiger partial charge in [-0.05, 0) is 133 Å². The molecule has 0 aliphatic rings. The van der Waals surface area contributed by atoms with Gasteiger partial charge in [-0.3, -0.25) is 4.79 Å². The lowest BCUT2D eigenvalue weighted by atomic mass is 9.93. The van der Waals surface area contributed by atoms with Crippen molar-refractivity contribution in [2.24, 2.45) is 0 Å². The Morgan fingerprint density at radius 1 is 0.745 bits per heavy atom. The lowest BCUT2D eigenvalue weighted by Gasteiger charge is -2.15. The van der Waals surface area contributed by atoms with Crippen molar-refractivity contribution in [1.82, 2.24) is 0 Å². The molecule has 4 rings (SSSR count). The number of carboxylic acid groups (broad SMARTS) is 1. The van der Waals surface area contributed by atoms with E-state index in [9.17, 15) is 14.7 Å². The number of halogens is 2. The van der Waals surface area contributed by atoms with Crippen molar-refractivity contribution < 1.29 is 29.3 Å². The maximum Gasteiger partial charge on any atom is 0.341 e. The molecule has 47 heavy (non-hydrogen) atoms. The van der Waals surface area contributed by atoms with Crippen LogP contribution in [0.1, 0.15) is 91.0 Å². The summed E-state index contributed by atoms with van der Waals surface area (Å²) in [6, 6.07) is 18.9. The van der Waals surface area contributed by atoms with Gasteiger partial charge < -0.3 is 19.7 Å². The Bertz CT molecular complexity index is 1700. The highest BCUT2D eigenvalue weighted by Crippen LogP contribution is 2.38. The summed E-state index contributed by atoms with van der Waals surface area (Å²) in [5.74, 6) is 1.76. The summed E-state index contributed by atoms with van der Waals surface area (Å²) in [7, 11) is 0. The van der Waals surface area contributed by atoms with Crippen LogP contribution in [-0.2, 0) is 22.4 Å². The third-order valence-corrected chi connectivity index (χ3v) is 8.29. The van der Waals surface area contributed by atoms with Gasteiger partial charge in [0, 0.05) is 6.42 Å². The molecule has 0 atom stereocenters. The van der Waals surface area contributed by atoms with E-state index in [-0.39, 0.29) is 18.3 Å². The summed E-state index contributed by atoms with van der Waals surface area (Å²) >= 11 is 12.6. The smallest absolute Gasteiger partial charge is 0.341 e. The molecule has 0 spiro atoms. The zero-order chi connectivity index (χ0) is 35.0. The van der Waals surface area contributed by atoms with E-state index in [0.29, 0.717) is 45.4 Å². The number of ether oxygens (including phenoxy) is 2. The molecular weight excluding hydrogens is 635 g/mol. The number of rotatable bonds is 11. The molecule has 0 saturated carbocycles. The van der Waals surface area contributed by atoms with Gasteiger partial charge in [0.05, 0.1) is 10.0 Å². The number of aliphatic carboxylic acids is 1. The fourth-order valence-corrected chi connectivity index (χ4v) is 5.97. The standard InChI is InChI=1S/C20H24O4.C19H20Cl2O2/c1-12(2)17-9-15(5-6-19(17)21)10-18-13(3)7-16(8-14(18)4)24-11-20(22)23;1-11(2)16-10-15(6-5-12(16)3)23-19-17(20)8-14(7-13(4)22)9-18(19)21/h5-9,12,21H,10-11H2,1-4H3,(H,22,23);5-6,8-11H,7H2,1-4H3. The summed E-state index contributed by atoms with van der Waals surface area (Å²) in [6.45, 7) is 15.7. The average molecular weight is 680 g/mol. The number of hydrogen-bond acceptors (Lipinski definition) is 5. The van der Waals surface area contributed by atoms with Crippen LogP contribution in [0.4, 0.5) is 0 Å². The lowest BCUT2D eigenvalue weighted by Crippen LogP contribution is -2.10. The van der Waals surface area contributed by atoms with E-state index < -0.39 is 5.97 Å². The molecule has 0 aliphatic carbocycles. The molecule has 0 amide bonds. The Morgan fingerprint density at radius 3 is 1.87 bits per heavy atom. The number of hydrogen-bond donors (Lipinski definition) is 2. The number of carboxylic acids is 1. The van der Waals surface area contributed by atoms with Crippen LogP contribution in [0.5, 0.6) is 23.0 Å². The second-order valence-corrected chi connectivity index (χ2v) is 13.3. The van der Waals surface area contributed by atoms with Crippen LogP contribution in [0.2, 0.25) is 10.0 Å². The highest BCUT2D eigenvalue weighted by Gasteiger charge is 2.14. The van der Waals surface area contributed by atoms with Gasteiger partial charge in [0.2, 0.25) is 0 Å². The molecule has 0 aromatic heterocycles. The predicted octanol–water partition coefficient (Wildman–Crippen LogP) is 10.5. The van der Waals surface area contributed by atoms with Crippen LogP contribution in [0, 0.1) is 20.8 Å². The lowest BCUT2D eigenvalue weighted by molar-refractivity contribution is -0.139. The van der Waals surface area contributed by atoms with Gasteiger partial charge in [0.15, 0.2) is 12.4 Å². The van der Waals surface area contributed by atoms with Crippen LogP contribution in [0.3, 0.4) is 0 Å². The van der Waals surface area contributed by atoms with E-state index in [1.165, 1.54) is 23.6 Å². The summed E-state index contributed by atoms with van der Waals surface area (Å²) in [5.41, 5.74) is 8.64. The van der Waals surface area contributed by atoms with E-state index in [1.54, 1.807) is 18.2 Å². The van der Waals surface area contributed by atoms with E-state index >= 15 is 0 Å². The summed E-state index contributed by atoms with van der Waals surface area (Å²) in [5, 5.41) is 19.5. The fourth-order valence-electron chi connectivity index (χ4n) is 5.36. The highest BCUT2D eigenvalue weighted by atomic mass is 35.5. The Morgan fingerprint density at radius 2 is 1.34 bits per heavy atom. The Hall–Kier alpha value is -4.00. The summed E-state index contributed by atoms with van der Waals surface area (Å²) < 4.78 is 11.2. The predicted molar refractivity (Wildman–Crippen MR) is 190 cm³/mol. The Kier molecular flexibility index (Phi) is 13.3. The number of phenols is 1. The molecule has 0 bridgehead atoms. The van der Waals surface area contributed by atoms with Crippen molar-refractivity contribution >= 4 is 35.0 Å². The van der Waals surface area contributed by atoms with Gasteiger partial charge in [-0.25, -0.2) is 4.79 Å². The number of ketones is 1. The van der Waals surface area contributed by atoms with Crippen LogP contribution in [0.25, 0.3) is 0 Å². The molecule has 0 fully saturated rings. The van der Waals surface area contributed by atoms with Gasteiger partial charge in [0.25, 0.3) is 0 Å². The van der Waals surface area contributed by atoms with Crippen LogP contribution >= 0.6 is 23.2 Å². The van der Waals surface area contributed by atoms with Crippen molar-refractivity contribution in [3.8, 4) is 23.0 Å². The van der Waals surface area contributed by atoms with E-state index in [2.05, 4.69) is 34.6 Å². The normalized spacial score (nSPS) is 10.9.